The van der Waals surface area contributed by atoms with E-state index in [0.29, 0.717) is 11.3 Å². The van der Waals surface area contributed by atoms with E-state index in [0.717, 1.165) is 18.9 Å². The first-order chi connectivity index (χ1) is 7.35. The average molecular weight is 226 g/mol. The van der Waals surface area contributed by atoms with Crippen molar-refractivity contribution in [3.8, 4) is 0 Å². The first-order valence-electron chi connectivity index (χ1n) is 6.62. The van der Waals surface area contributed by atoms with Gasteiger partial charge < -0.3 is 5.43 Å². The Labute approximate surface area is 102 Å². The molecule has 0 saturated carbocycles. The van der Waals surface area contributed by atoms with Crippen molar-refractivity contribution < 1.29 is 0 Å². The van der Waals surface area contributed by atoms with E-state index in [2.05, 4.69) is 59.0 Å². The molecule has 0 radical (unpaired) electrons. The second kappa shape index (κ2) is 6.93. The maximum Gasteiger partial charge on any atom is 0.0383 e. The van der Waals surface area contributed by atoms with Crippen molar-refractivity contribution in [3.05, 3.63) is 0 Å². The summed E-state index contributed by atoms with van der Waals surface area (Å²) in [6, 6.07) is 0. The molecular weight excluding hydrogens is 196 g/mol. The molecule has 0 aromatic heterocycles. The van der Waals surface area contributed by atoms with Gasteiger partial charge in [-0.2, -0.15) is 5.10 Å². The molecule has 0 saturated heterocycles. The highest BCUT2D eigenvalue weighted by Gasteiger charge is 2.23. The van der Waals surface area contributed by atoms with Crippen molar-refractivity contribution in [3.63, 3.8) is 0 Å². The van der Waals surface area contributed by atoms with E-state index >= 15 is 0 Å². The third-order valence-corrected chi connectivity index (χ3v) is 4.06. The van der Waals surface area contributed by atoms with E-state index in [1.54, 1.807) is 0 Å². The fraction of sp³-hybridized carbons (Fsp3) is 0.929. The smallest absolute Gasteiger partial charge is 0.0383 e. The molecule has 0 amide bonds. The van der Waals surface area contributed by atoms with Gasteiger partial charge in [-0.25, -0.2) is 0 Å². The van der Waals surface area contributed by atoms with Crippen LogP contribution in [0.5, 0.6) is 0 Å². The molecule has 16 heavy (non-hydrogen) atoms. The third-order valence-electron chi connectivity index (χ3n) is 4.06. The predicted octanol–water partition coefficient (Wildman–Crippen LogP) is 4.07. The molecule has 0 fully saturated rings. The number of hydrazone groups is 1. The van der Waals surface area contributed by atoms with Gasteiger partial charge in [-0.3, -0.25) is 0 Å². The zero-order chi connectivity index (χ0) is 12.8. The number of hydrogen-bond donors (Lipinski definition) is 1. The Balaban J connectivity index is 4.15. The Bertz CT molecular complexity index is 219. The van der Waals surface area contributed by atoms with Crippen molar-refractivity contribution in [1.29, 1.82) is 0 Å². The lowest BCUT2D eigenvalue weighted by atomic mass is 9.79. The third kappa shape index (κ3) is 5.00. The van der Waals surface area contributed by atoms with Crippen molar-refractivity contribution in [2.45, 2.75) is 61.3 Å². The Morgan fingerprint density at radius 3 is 2.19 bits per heavy atom. The molecule has 2 nitrogen and oxygen atoms in total. The van der Waals surface area contributed by atoms with E-state index in [1.165, 1.54) is 12.1 Å². The van der Waals surface area contributed by atoms with Crippen LogP contribution in [-0.4, -0.2) is 12.3 Å². The summed E-state index contributed by atoms with van der Waals surface area (Å²) in [5.74, 6) is 1.30. The van der Waals surface area contributed by atoms with Gasteiger partial charge in [0.15, 0.2) is 0 Å². The van der Waals surface area contributed by atoms with Crippen molar-refractivity contribution in [2.24, 2.45) is 22.4 Å². The summed E-state index contributed by atoms with van der Waals surface area (Å²) in [5.41, 5.74) is 4.77. The maximum atomic E-state index is 4.46. The second-order valence-corrected chi connectivity index (χ2v) is 5.70. The fourth-order valence-electron chi connectivity index (χ4n) is 1.50. The first-order valence-corrected chi connectivity index (χ1v) is 6.62. The normalized spacial score (nSPS) is 17.1. The van der Waals surface area contributed by atoms with E-state index in [-0.39, 0.29) is 0 Å². The van der Waals surface area contributed by atoms with E-state index in [1.807, 2.05) is 0 Å². The van der Waals surface area contributed by atoms with Crippen LogP contribution in [0.2, 0.25) is 0 Å². The molecule has 0 aliphatic rings. The molecule has 0 aromatic carbocycles. The number of nitrogens with zero attached hydrogens (tertiary/aromatic N) is 1. The van der Waals surface area contributed by atoms with Crippen LogP contribution in [0, 0.1) is 17.3 Å². The van der Waals surface area contributed by atoms with Crippen molar-refractivity contribution in [1.82, 2.24) is 5.43 Å². The number of rotatable bonds is 7. The van der Waals surface area contributed by atoms with Crippen LogP contribution in [0.15, 0.2) is 5.10 Å². The van der Waals surface area contributed by atoms with Crippen molar-refractivity contribution >= 4 is 5.71 Å². The van der Waals surface area contributed by atoms with Gasteiger partial charge >= 0.3 is 0 Å². The molecule has 2 unspecified atom stereocenters. The molecule has 0 spiro atoms. The Hall–Kier alpha value is -0.530. The molecule has 0 bridgehead atoms. The van der Waals surface area contributed by atoms with Crippen LogP contribution in [-0.2, 0) is 0 Å². The SMILES string of the molecule is CCC(C)/C(C)=N/NCC(C)(C)C(C)CC. The van der Waals surface area contributed by atoms with Crippen LogP contribution in [0.4, 0.5) is 0 Å². The monoisotopic (exact) mass is 226 g/mol. The lowest BCUT2D eigenvalue weighted by Gasteiger charge is -2.30. The molecule has 0 heterocycles. The van der Waals surface area contributed by atoms with Crippen LogP contribution >= 0.6 is 0 Å². The Morgan fingerprint density at radius 2 is 1.75 bits per heavy atom. The minimum absolute atomic E-state index is 0.313. The van der Waals surface area contributed by atoms with Gasteiger partial charge in [-0.1, -0.05) is 48.0 Å². The predicted molar refractivity (Wildman–Crippen MR) is 73.8 cm³/mol. The van der Waals surface area contributed by atoms with Crippen LogP contribution in [0.25, 0.3) is 0 Å². The quantitative estimate of drug-likeness (QED) is 0.513. The topological polar surface area (TPSA) is 24.4 Å². The van der Waals surface area contributed by atoms with Gasteiger partial charge in [0.2, 0.25) is 0 Å². The summed E-state index contributed by atoms with van der Waals surface area (Å²) in [6.07, 6.45) is 2.38. The minimum atomic E-state index is 0.313. The summed E-state index contributed by atoms with van der Waals surface area (Å²) in [4.78, 5) is 0. The molecular formula is C14H30N2. The van der Waals surface area contributed by atoms with Gasteiger partial charge in [0.25, 0.3) is 0 Å². The molecule has 96 valence electrons. The zero-order valence-corrected chi connectivity index (χ0v) is 12.2. The molecule has 1 N–H and O–H groups in total. The Kier molecular flexibility index (Phi) is 6.70. The molecule has 2 atom stereocenters. The number of hydrogen-bond acceptors (Lipinski definition) is 2. The van der Waals surface area contributed by atoms with Crippen LogP contribution < -0.4 is 5.43 Å². The van der Waals surface area contributed by atoms with Gasteiger partial charge in [0.05, 0.1) is 0 Å². The molecule has 2 heteroatoms. The molecule has 0 aromatic rings. The second-order valence-electron chi connectivity index (χ2n) is 5.70. The first kappa shape index (κ1) is 15.5. The van der Waals surface area contributed by atoms with E-state index < -0.39 is 0 Å². The summed E-state index contributed by atoms with van der Waals surface area (Å²) in [7, 11) is 0. The Morgan fingerprint density at radius 1 is 1.19 bits per heavy atom. The van der Waals surface area contributed by atoms with Gasteiger partial charge in [0, 0.05) is 12.3 Å². The molecule has 0 aliphatic carbocycles. The van der Waals surface area contributed by atoms with E-state index in [4.69, 9.17) is 0 Å². The highest BCUT2D eigenvalue weighted by atomic mass is 15.3. The summed E-state index contributed by atoms with van der Waals surface area (Å²) in [5, 5.41) is 4.46. The minimum Gasteiger partial charge on any atom is -0.310 e. The zero-order valence-electron chi connectivity index (χ0n) is 12.2. The highest BCUT2D eigenvalue weighted by molar-refractivity contribution is 5.83. The maximum absolute atomic E-state index is 4.46. The summed E-state index contributed by atoms with van der Waals surface area (Å²) in [6.45, 7) is 16.7. The average Bonchev–Trinajstić information content (AvgIpc) is 2.26. The summed E-state index contributed by atoms with van der Waals surface area (Å²) >= 11 is 0. The fourth-order valence-corrected chi connectivity index (χ4v) is 1.50. The van der Waals surface area contributed by atoms with Gasteiger partial charge in [-0.15, -0.1) is 0 Å². The lowest BCUT2D eigenvalue weighted by molar-refractivity contribution is 0.216. The standard InChI is InChI=1S/C14H30N2/c1-8-11(3)13(5)16-15-10-14(6,7)12(4)9-2/h11-12,15H,8-10H2,1-7H3/b16-13+. The van der Waals surface area contributed by atoms with Gasteiger partial charge in [0.1, 0.15) is 0 Å². The number of nitrogens with one attached hydrogen (secondary N) is 1. The highest BCUT2D eigenvalue weighted by Crippen LogP contribution is 2.27. The van der Waals surface area contributed by atoms with Crippen molar-refractivity contribution in [2.75, 3.05) is 6.54 Å². The van der Waals surface area contributed by atoms with E-state index in [9.17, 15) is 0 Å². The van der Waals surface area contributed by atoms with Gasteiger partial charge in [-0.05, 0) is 30.6 Å². The summed E-state index contributed by atoms with van der Waals surface area (Å²) < 4.78 is 0. The molecule has 0 rings (SSSR count). The van der Waals surface area contributed by atoms with Crippen LogP contribution in [0.1, 0.15) is 61.3 Å². The largest absolute Gasteiger partial charge is 0.310 e. The lowest BCUT2D eigenvalue weighted by Crippen LogP contribution is -2.32. The molecule has 0 aliphatic heterocycles. The van der Waals surface area contributed by atoms with Crippen LogP contribution in [0.3, 0.4) is 0 Å².